The van der Waals surface area contributed by atoms with Crippen LogP contribution >= 0.6 is 23.4 Å². The predicted molar refractivity (Wildman–Crippen MR) is 123 cm³/mol. The number of morpholine rings is 1. The van der Waals surface area contributed by atoms with Crippen molar-refractivity contribution in [3.8, 4) is 5.75 Å². The highest BCUT2D eigenvalue weighted by Crippen LogP contribution is 2.29. The quantitative estimate of drug-likeness (QED) is 0.377. The van der Waals surface area contributed by atoms with Gasteiger partial charge in [-0.25, -0.2) is 9.97 Å². The van der Waals surface area contributed by atoms with E-state index in [9.17, 15) is 0 Å². The van der Waals surface area contributed by atoms with E-state index in [0.717, 1.165) is 61.0 Å². The molecule has 31 heavy (non-hydrogen) atoms. The average molecular weight is 458 g/mol. The molecule has 9 heteroatoms. The van der Waals surface area contributed by atoms with Crippen molar-refractivity contribution in [2.75, 3.05) is 43.9 Å². The Morgan fingerprint density at radius 3 is 2.81 bits per heavy atom. The monoisotopic (exact) mass is 457 g/mol. The first-order valence-electron chi connectivity index (χ1n) is 10.1. The number of rotatable bonds is 9. The fourth-order valence-electron chi connectivity index (χ4n) is 3.05. The van der Waals surface area contributed by atoms with Crippen LogP contribution in [-0.4, -0.2) is 58.5 Å². The molecule has 0 bridgehead atoms. The van der Waals surface area contributed by atoms with E-state index in [-0.39, 0.29) is 0 Å². The minimum Gasteiger partial charge on any atom is -0.486 e. The van der Waals surface area contributed by atoms with Crippen LogP contribution < -0.4 is 10.1 Å². The van der Waals surface area contributed by atoms with Crippen molar-refractivity contribution >= 4 is 34.9 Å². The molecule has 1 N–H and O–H groups in total. The number of hydrogen-bond donors (Lipinski definition) is 1. The summed E-state index contributed by atoms with van der Waals surface area (Å²) in [5.74, 6) is 2.28. The van der Waals surface area contributed by atoms with Gasteiger partial charge in [-0.05, 0) is 36.4 Å². The van der Waals surface area contributed by atoms with Crippen molar-refractivity contribution in [3.05, 3.63) is 65.6 Å². The molecule has 4 rings (SSSR count). The zero-order chi connectivity index (χ0) is 21.3. The fraction of sp³-hybridized carbons (Fsp3) is 0.318. The van der Waals surface area contributed by atoms with Gasteiger partial charge in [-0.15, -0.1) is 0 Å². The SMILES string of the molecule is Clc1cc(Nc2ccnc(SCCN3CCOCC3)n2)ccc1OCc1ccccn1. The lowest BCUT2D eigenvalue weighted by molar-refractivity contribution is 0.0410. The van der Waals surface area contributed by atoms with Crippen molar-refractivity contribution in [2.24, 2.45) is 0 Å². The van der Waals surface area contributed by atoms with Crippen LogP contribution in [-0.2, 0) is 11.3 Å². The van der Waals surface area contributed by atoms with Gasteiger partial charge in [-0.1, -0.05) is 29.4 Å². The second-order valence-corrected chi connectivity index (χ2v) is 8.38. The van der Waals surface area contributed by atoms with E-state index >= 15 is 0 Å². The van der Waals surface area contributed by atoms with Crippen molar-refractivity contribution in [1.29, 1.82) is 0 Å². The third-order valence-corrected chi connectivity index (χ3v) is 5.82. The topological polar surface area (TPSA) is 72.4 Å². The Morgan fingerprint density at radius 1 is 1.10 bits per heavy atom. The van der Waals surface area contributed by atoms with Gasteiger partial charge in [0.15, 0.2) is 5.16 Å². The number of halogens is 1. The molecule has 0 spiro atoms. The third kappa shape index (κ3) is 6.80. The molecule has 7 nitrogen and oxygen atoms in total. The molecule has 2 aromatic heterocycles. The normalized spacial score (nSPS) is 14.4. The lowest BCUT2D eigenvalue weighted by atomic mass is 10.3. The van der Waals surface area contributed by atoms with Gasteiger partial charge in [0.05, 0.1) is 23.9 Å². The van der Waals surface area contributed by atoms with Crippen LogP contribution in [0.3, 0.4) is 0 Å². The maximum atomic E-state index is 6.40. The van der Waals surface area contributed by atoms with E-state index in [4.69, 9.17) is 21.1 Å². The van der Waals surface area contributed by atoms with Crippen LogP contribution in [0.4, 0.5) is 11.5 Å². The summed E-state index contributed by atoms with van der Waals surface area (Å²) >= 11 is 8.05. The fourth-order valence-corrected chi connectivity index (χ4v) is 4.11. The molecule has 3 heterocycles. The number of anilines is 2. The Morgan fingerprint density at radius 2 is 2.00 bits per heavy atom. The minimum atomic E-state index is 0.365. The molecule has 1 saturated heterocycles. The summed E-state index contributed by atoms with van der Waals surface area (Å²) in [6.07, 6.45) is 3.50. The van der Waals surface area contributed by atoms with Crippen LogP contribution in [0.2, 0.25) is 5.02 Å². The summed E-state index contributed by atoms with van der Waals surface area (Å²) in [4.78, 5) is 15.6. The van der Waals surface area contributed by atoms with E-state index in [1.807, 2.05) is 42.5 Å². The summed E-state index contributed by atoms with van der Waals surface area (Å²) in [6.45, 7) is 4.98. The molecule has 0 amide bonds. The molecule has 1 aliphatic rings. The summed E-state index contributed by atoms with van der Waals surface area (Å²) in [7, 11) is 0. The lowest BCUT2D eigenvalue weighted by Crippen LogP contribution is -2.37. The summed E-state index contributed by atoms with van der Waals surface area (Å²) in [5, 5.41) is 4.56. The van der Waals surface area contributed by atoms with Gasteiger partial charge >= 0.3 is 0 Å². The van der Waals surface area contributed by atoms with Crippen LogP contribution in [0.5, 0.6) is 5.75 Å². The minimum absolute atomic E-state index is 0.365. The van der Waals surface area contributed by atoms with Crippen molar-refractivity contribution in [3.63, 3.8) is 0 Å². The van der Waals surface area contributed by atoms with Gasteiger partial charge < -0.3 is 14.8 Å². The lowest BCUT2D eigenvalue weighted by Gasteiger charge is -2.26. The molecule has 162 valence electrons. The number of nitrogens with one attached hydrogen (secondary N) is 1. The molecule has 0 aliphatic carbocycles. The number of ether oxygens (including phenoxy) is 2. The van der Waals surface area contributed by atoms with Crippen LogP contribution in [0.1, 0.15) is 5.69 Å². The molecule has 0 saturated carbocycles. The zero-order valence-electron chi connectivity index (χ0n) is 17.0. The molecule has 0 atom stereocenters. The standard InChI is InChI=1S/C22H24ClN5O2S/c23-19-15-17(4-5-20(19)30-16-18-3-1-2-7-24-18)26-21-6-8-25-22(27-21)31-14-11-28-9-12-29-13-10-28/h1-8,15H,9-14,16H2,(H,25,26,27). The molecular weight excluding hydrogens is 434 g/mol. The highest BCUT2D eigenvalue weighted by atomic mass is 35.5. The largest absolute Gasteiger partial charge is 0.486 e. The Labute approximate surface area is 191 Å². The van der Waals surface area contributed by atoms with Gasteiger partial charge in [0.1, 0.15) is 18.2 Å². The molecule has 1 aromatic carbocycles. The van der Waals surface area contributed by atoms with Gasteiger partial charge in [0.2, 0.25) is 0 Å². The molecule has 1 fully saturated rings. The van der Waals surface area contributed by atoms with E-state index < -0.39 is 0 Å². The summed E-state index contributed by atoms with van der Waals surface area (Å²) in [6, 6.07) is 13.1. The van der Waals surface area contributed by atoms with Crippen LogP contribution in [0.15, 0.2) is 60.0 Å². The summed E-state index contributed by atoms with van der Waals surface area (Å²) in [5.41, 5.74) is 1.68. The van der Waals surface area contributed by atoms with Gasteiger partial charge in [-0.2, -0.15) is 0 Å². The Kier molecular flexibility index (Phi) is 7.95. The van der Waals surface area contributed by atoms with Crippen LogP contribution in [0.25, 0.3) is 0 Å². The maximum absolute atomic E-state index is 6.40. The predicted octanol–water partition coefficient (Wildman–Crippen LogP) is 4.27. The van der Waals surface area contributed by atoms with Gasteiger partial charge in [0.25, 0.3) is 0 Å². The summed E-state index contributed by atoms with van der Waals surface area (Å²) < 4.78 is 11.2. The second kappa shape index (κ2) is 11.3. The first-order chi connectivity index (χ1) is 15.3. The van der Waals surface area contributed by atoms with Crippen molar-refractivity contribution in [1.82, 2.24) is 19.9 Å². The Bertz CT molecular complexity index is 973. The number of thioether (sulfide) groups is 1. The van der Waals surface area contributed by atoms with E-state index in [2.05, 4.69) is 25.2 Å². The number of benzene rings is 1. The highest BCUT2D eigenvalue weighted by molar-refractivity contribution is 7.99. The first-order valence-corrected chi connectivity index (χ1v) is 11.5. The number of hydrogen-bond acceptors (Lipinski definition) is 8. The number of nitrogens with zero attached hydrogens (tertiary/aromatic N) is 4. The van der Waals surface area contributed by atoms with E-state index in [0.29, 0.717) is 17.4 Å². The molecule has 3 aromatic rings. The number of aromatic nitrogens is 3. The van der Waals surface area contributed by atoms with Gasteiger partial charge in [-0.3, -0.25) is 9.88 Å². The Balaban J connectivity index is 1.30. The average Bonchev–Trinajstić information content (AvgIpc) is 2.80. The molecule has 0 unspecified atom stereocenters. The molecule has 1 aliphatic heterocycles. The molecule has 0 radical (unpaired) electrons. The first kappa shape index (κ1) is 21.8. The van der Waals surface area contributed by atoms with Gasteiger partial charge in [0, 0.05) is 43.5 Å². The molecular formula is C22H24ClN5O2S. The van der Waals surface area contributed by atoms with Crippen molar-refractivity contribution in [2.45, 2.75) is 11.8 Å². The van der Waals surface area contributed by atoms with Crippen LogP contribution in [0, 0.1) is 0 Å². The Hall–Kier alpha value is -2.39. The smallest absolute Gasteiger partial charge is 0.189 e. The van der Waals surface area contributed by atoms with E-state index in [1.165, 1.54) is 0 Å². The van der Waals surface area contributed by atoms with Crippen molar-refractivity contribution < 1.29 is 9.47 Å². The maximum Gasteiger partial charge on any atom is 0.189 e. The van der Waals surface area contributed by atoms with E-state index in [1.54, 1.807) is 24.2 Å². The third-order valence-electron chi connectivity index (χ3n) is 4.68. The zero-order valence-corrected chi connectivity index (χ0v) is 18.6. The highest BCUT2D eigenvalue weighted by Gasteiger charge is 2.10. The second-order valence-electron chi connectivity index (χ2n) is 6.91. The number of pyridine rings is 1.